The van der Waals surface area contributed by atoms with Gasteiger partial charge in [0.25, 0.3) is 0 Å². The lowest BCUT2D eigenvalue weighted by molar-refractivity contribution is 0.144. The standard InChI is InChI=1S/C11H18O/c1-8(2)10-5-4-9(3)11(6-10)7-12-11/h9-10H,1,4-7H2,2-3H3/t9-,10-,11?/m1/s1. The Balaban J connectivity index is 2.03. The zero-order valence-electron chi connectivity index (χ0n) is 8.10. The smallest absolute Gasteiger partial charge is 0.0947 e. The van der Waals surface area contributed by atoms with Crippen LogP contribution < -0.4 is 0 Å². The van der Waals surface area contributed by atoms with E-state index in [-0.39, 0.29) is 5.60 Å². The van der Waals surface area contributed by atoms with Gasteiger partial charge in [0, 0.05) is 0 Å². The average Bonchev–Trinajstić information content (AvgIpc) is 2.76. The highest BCUT2D eigenvalue weighted by Gasteiger charge is 2.52. The fourth-order valence-corrected chi connectivity index (χ4v) is 2.35. The van der Waals surface area contributed by atoms with Crippen molar-refractivity contribution in [2.24, 2.45) is 11.8 Å². The zero-order chi connectivity index (χ0) is 8.77. The van der Waals surface area contributed by atoms with Crippen molar-refractivity contribution in [1.82, 2.24) is 0 Å². The molecule has 1 saturated heterocycles. The fraction of sp³-hybridized carbons (Fsp3) is 0.818. The van der Waals surface area contributed by atoms with E-state index in [1.165, 1.54) is 24.8 Å². The first-order valence-electron chi connectivity index (χ1n) is 4.93. The Hall–Kier alpha value is -0.300. The lowest BCUT2D eigenvalue weighted by atomic mass is 9.73. The summed E-state index contributed by atoms with van der Waals surface area (Å²) in [5, 5.41) is 0. The maximum Gasteiger partial charge on any atom is 0.0947 e. The van der Waals surface area contributed by atoms with Gasteiger partial charge in [-0.1, -0.05) is 19.1 Å². The summed E-state index contributed by atoms with van der Waals surface area (Å²) in [6.45, 7) is 9.51. The maximum atomic E-state index is 5.59. The van der Waals surface area contributed by atoms with Crippen LogP contribution in [0.3, 0.4) is 0 Å². The first kappa shape index (κ1) is 8.31. The molecule has 0 radical (unpaired) electrons. The highest BCUT2D eigenvalue weighted by atomic mass is 16.6. The molecule has 68 valence electrons. The van der Waals surface area contributed by atoms with Gasteiger partial charge in [0.1, 0.15) is 0 Å². The molecular formula is C11H18O. The summed E-state index contributed by atoms with van der Waals surface area (Å²) in [5.74, 6) is 1.50. The molecule has 1 spiro atoms. The molecule has 0 aromatic heterocycles. The van der Waals surface area contributed by atoms with Crippen LogP contribution in [0, 0.1) is 11.8 Å². The minimum absolute atomic E-state index is 0.280. The van der Waals surface area contributed by atoms with Crippen LogP contribution in [0.25, 0.3) is 0 Å². The van der Waals surface area contributed by atoms with Crippen LogP contribution in [0.5, 0.6) is 0 Å². The second kappa shape index (κ2) is 2.59. The molecule has 2 fully saturated rings. The van der Waals surface area contributed by atoms with E-state index >= 15 is 0 Å². The predicted molar refractivity (Wildman–Crippen MR) is 50.0 cm³/mol. The Morgan fingerprint density at radius 1 is 1.50 bits per heavy atom. The predicted octanol–water partition coefficient (Wildman–Crippen LogP) is 2.77. The average molecular weight is 166 g/mol. The minimum Gasteiger partial charge on any atom is -0.369 e. The van der Waals surface area contributed by atoms with Crippen LogP contribution in [0.15, 0.2) is 12.2 Å². The van der Waals surface area contributed by atoms with Crippen LogP contribution in [-0.2, 0) is 4.74 Å². The number of allylic oxidation sites excluding steroid dienone is 1. The van der Waals surface area contributed by atoms with E-state index in [9.17, 15) is 0 Å². The number of ether oxygens (including phenoxy) is 1. The molecule has 0 N–H and O–H groups in total. The zero-order valence-corrected chi connectivity index (χ0v) is 8.10. The van der Waals surface area contributed by atoms with Crippen molar-refractivity contribution in [2.75, 3.05) is 6.61 Å². The summed E-state index contributed by atoms with van der Waals surface area (Å²) in [7, 11) is 0. The minimum atomic E-state index is 0.280. The molecule has 1 unspecified atom stereocenters. The van der Waals surface area contributed by atoms with Gasteiger partial charge < -0.3 is 4.74 Å². The molecule has 1 aliphatic carbocycles. The van der Waals surface area contributed by atoms with Gasteiger partial charge in [-0.15, -0.1) is 0 Å². The van der Waals surface area contributed by atoms with Crippen molar-refractivity contribution in [3.63, 3.8) is 0 Å². The quantitative estimate of drug-likeness (QED) is 0.431. The largest absolute Gasteiger partial charge is 0.369 e. The van der Waals surface area contributed by atoms with E-state index in [1.54, 1.807) is 0 Å². The monoisotopic (exact) mass is 166 g/mol. The van der Waals surface area contributed by atoms with E-state index < -0.39 is 0 Å². The Morgan fingerprint density at radius 2 is 2.17 bits per heavy atom. The van der Waals surface area contributed by atoms with E-state index in [1.807, 2.05) is 0 Å². The van der Waals surface area contributed by atoms with Gasteiger partial charge >= 0.3 is 0 Å². The Labute approximate surface area is 74.8 Å². The van der Waals surface area contributed by atoms with E-state index in [2.05, 4.69) is 20.4 Å². The third-order valence-corrected chi connectivity index (χ3v) is 3.65. The molecule has 0 amide bonds. The second-order valence-corrected chi connectivity index (χ2v) is 4.58. The molecule has 0 aromatic carbocycles. The summed E-state index contributed by atoms with van der Waals surface area (Å²) in [4.78, 5) is 0. The number of hydrogen-bond acceptors (Lipinski definition) is 1. The van der Waals surface area contributed by atoms with Crippen LogP contribution >= 0.6 is 0 Å². The highest BCUT2D eigenvalue weighted by Crippen LogP contribution is 2.49. The van der Waals surface area contributed by atoms with Crippen LogP contribution in [0.4, 0.5) is 0 Å². The lowest BCUT2D eigenvalue weighted by Crippen LogP contribution is -2.31. The van der Waals surface area contributed by atoms with Gasteiger partial charge in [-0.25, -0.2) is 0 Å². The van der Waals surface area contributed by atoms with Crippen molar-refractivity contribution >= 4 is 0 Å². The van der Waals surface area contributed by atoms with Crippen LogP contribution in [-0.4, -0.2) is 12.2 Å². The van der Waals surface area contributed by atoms with Gasteiger partial charge in [-0.05, 0) is 38.0 Å². The van der Waals surface area contributed by atoms with Gasteiger partial charge in [0.2, 0.25) is 0 Å². The molecule has 3 atom stereocenters. The summed E-state index contributed by atoms with van der Waals surface area (Å²) in [6.07, 6.45) is 3.86. The maximum absolute atomic E-state index is 5.59. The van der Waals surface area contributed by atoms with Gasteiger partial charge in [-0.2, -0.15) is 0 Å². The Kier molecular flexibility index (Phi) is 1.80. The second-order valence-electron chi connectivity index (χ2n) is 4.58. The summed E-state index contributed by atoms with van der Waals surface area (Å²) in [6, 6.07) is 0. The molecule has 0 aromatic rings. The van der Waals surface area contributed by atoms with Crippen molar-refractivity contribution in [3.05, 3.63) is 12.2 Å². The summed E-state index contributed by atoms with van der Waals surface area (Å²) >= 11 is 0. The molecule has 1 heteroatoms. The summed E-state index contributed by atoms with van der Waals surface area (Å²) < 4.78 is 5.59. The molecule has 1 heterocycles. The number of epoxide rings is 1. The number of hydrogen-bond donors (Lipinski definition) is 0. The molecule has 1 saturated carbocycles. The Morgan fingerprint density at radius 3 is 2.67 bits per heavy atom. The molecule has 1 nitrogen and oxygen atoms in total. The molecular weight excluding hydrogens is 148 g/mol. The molecule has 12 heavy (non-hydrogen) atoms. The van der Waals surface area contributed by atoms with E-state index in [0.29, 0.717) is 0 Å². The summed E-state index contributed by atoms with van der Waals surface area (Å²) in [5.41, 5.74) is 1.62. The molecule has 2 aliphatic rings. The lowest BCUT2D eigenvalue weighted by Gasteiger charge is -2.32. The molecule has 1 aliphatic heterocycles. The molecule has 0 bridgehead atoms. The first-order valence-corrected chi connectivity index (χ1v) is 4.93. The third kappa shape index (κ3) is 1.20. The van der Waals surface area contributed by atoms with Crippen molar-refractivity contribution in [3.8, 4) is 0 Å². The van der Waals surface area contributed by atoms with Crippen molar-refractivity contribution in [1.29, 1.82) is 0 Å². The van der Waals surface area contributed by atoms with Gasteiger partial charge in [0.15, 0.2) is 0 Å². The SMILES string of the molecule is C=C(C)[C@@H]1CC[C@@H](C)C2(CO2)C1. The van der Waals surface area contributed by atoms with E-state index in [4.69, 9.17) is 4.74 Å². The van der Waals surface area contributed by atoms with Gasteiger partial charge in [-0.3, -0.25) is 0 Å². The van der Waals surface area contributed by atoms with Gasteiger partial charge in [0.05, 0.1) is 12.2 Å². The Bertz CT molecular complexity index is 203. The van der Waals surface area contributed by atoms with Crippen LogP contribution in [0.1, 0.15) is 33.1 Å². The van der Waals surface area contributed by atoms with Crippen molar-refractivity contribution < 1.29 is 4.74 Å². The fourth-order valence-electron chi connectivity index (χ4n) is 2.35. The van der Waals surface area contributed by atoms with Crippen LogP contribution in [0.2, 0.25) is 0 Å². The third-order valence-electron chi connectivity index (χ3n) is 3.65. The molecule has 2 rings (SSSR count). The number of rotatable bonds is 1. The topological polar surface area (TPSA) is 12.5 Å². The highest BCUT2D eigenvalue weighted by molar-refractivity contribution is 5.08. The van der Waals surface area contributed by atoms with Crippen molar-refractivity contribution in [2.45, 2.75) is 38.7 Å². The first-order chi connectivity index (χ1) is 5.64. The van der Waals surface area contributed by atoms with E-state index in [0.717, 1.165) is 18.4 Å². The normalized spacial score (nSPS) is 46.2.